The van der Waals surface area contributed by atoms with Crippen molar-refractivity contribution in [2.75, 3.05) is 14.7 Å². The molecule has 2 aliphatic heterocycles. The molecule has 0 saturated carbocycles. The standard InChI is InChI=1S/C69H51N3/c1-50-38-44-57(45-39-50)70(58-46-40-53(41-47-58)68(51-22-6-2-7-23-51)60-30-14-18-34-64(60)71(55-26-10-4-11-27-55)65-35-19-15-31-61(65)68)59-48-42-54(43-49-59)69(52-24-8-3-9-25-52)62-32-16-20-36-66(62)72(56-28-12-5-13-29-56)67-37-21-17-33-63(67)69/h2-49H,1H3. The second kappa shape index (κ2) is 17.7. The summed E-state index contributed by atoms with van der Waals surface area (Å²) in [7, 11) is 0. The molecule has 0 aromatic heterocycles. The monoisotopic (exact) mass is 921 g/mol. The van der Waals surface area contributed by atoms with Crippen LogP contribution in [0.4, 0.5) is 51.2 Å². The van der Waals surface area contributed by atoms with Gasteiger partial charge in [0.25, 0.3) is 0 Å². The predicted molar refractivity (Wildman–Crippen MR) is 299 cm³/mol. The molecule has 0 fully saturated rings. The molecule has 3 nitrogen and oxygen atoms in total. The lowest BCUT2D eigenvalue weighted by atomic mass is 9.62. The normalized spacial score (nSPS) is 13.8. The van der Waals surface area contributed by atoms with Crippen molar-refractivity contribution in [3.05, 3.63) is 341 Å². The molecule has 2 aliphatic rings. The molecule has 13 rings (SSSR count). The number of rotatable bonds is 9. The Balaban J connectivity index is 0.978. The van der Waals surface area contributed by atoms with Crippen LogP contribution in [0.5, 0.6) is 0 Å². The number of anilines is 9. The molecule has 11 aromatic carbocycles. The van der Waals surface area contributed by atoms with Gasteiger partial charge in [-0.2, -0.15) is 0 Å². The van der Waals surface area contributed by atoms with E-state index in [9.17, 15) is 0 Å². The molecule has 0 aliphatic carbocycles. The lowest BCUT2D eigenvalue weighted by Crippen LogP contribution is -2.37. The highest BCUT2D eigenvalue weighted by Crippen LogP contribution is 2.60. The third kappa shape index (κ3) is 6.66. The first-order chi connectivity index (χ1) is 35.7. The summed E-state index contributed by atoms with van der Waals surface area (Å²) in [5.74, 6) is 0. The van der Waals surface area contributed by atoms with Gasteiger partial charge in [-0.05, 0) is 136 Å². The lowest BCUT2D eigenvalue weighted by molar-refractivity contribution is 0.731. The highest BCUT2D eigenvalue weighted by atomic mass is 15.2. The Bertz CT molecular complexity index is 3360. The molecule has 342 valence electrons. The minimum atomic E-state index is -0.608. The number of benzene rings is 11. The van der Waals surface area contributed by atoms with Crippen molar-refractivity contribution in [1.29, 1.82) is 0 Å². The van der Waals surface area contributed by atoms with Crippen molar-refractivity contribution in [2.24, 2.45) is 0 Å². The minimum absolute atomic E-state index is 0.608. The van der Waals surface area contributed by atoms with Gasteiger partial charge in [0.05, 0.1) is 33.6 Å². The Hall–Kier alpha value is -9.18. The van der Waals surface area contributed by atoms with Crippen LogP contribution in [-0.2, 0) is 10.8 Å². The molecular formula is C69H51N3. The van der Waals surface area contributed by atoms with Crippen molar-refractivity contribution < 1.29 is 0 Å². The van der Waals surface area contributed by atoms with Gasteiger partial charge in [-0.1, -0.05) is 212 Å². The van der Waals surface area contributed by atoms with Crippen LogP contribution in [0.15, 0.2) is 291 Å². The van der Waals surface area contributed by atoms with E-state index in [2.05, 4.69) is 313 Å². The Kier molecular flexibility index (Phi) is 10.5. The maximum atomic E-state index is 2.43. The molecule has 0 bridgehead atoms. The van der Waals surface area contributed by atoms with Gasteiger partial charge in [-0.3, -0.25) is 0 Å². The number of fused-ring (bicyclic) bond motifs is 4. The van der Waals surface area contributed by atoms with E-state index >= 15 is 0 Å². The molecule has 0 radical (unpaired) electrons. The highest BCUT2D eigenvalue weighted by Gasteiger charge is 2.48. The zero-order valence-electron chi connectivity index (χ0n) is 40.1. The molecule has 3 heteroatoms. The SMILES string of the molecule is Cc1ccc(N(c2ccc(C3(c4ccccc4)c4ccccc4N(c4ccccc4)c4ccccc43)cc2)c2ccc(C3(c4ccccc4)c4ccccc4N(c4ccccc4)c4ccccc43)cc2)cc1. The number of nitrogens with zero attached hydrogens (tertiary/aromatic N) is 3. The number of hydrogen-bond donors (Lipinski definition) is 0. The van der Waals surface area contributed by atoms with Crippen molar-refractivity contribution in [3.8, 4) is 0 Å². The average molecular weight is 922 g/mol. The van der Waals surface area contributed by atoms with Gasteiger partial charge in [0.1, 0.15) is 0 Å². The zero-order chi connectivity index (χ0) is 48.1. The predicted octanol–water partition coefficient (Wildman–Crippen LogP) is 17.8. The fourth-order valence-electron chi connectivity index (χ4n) is 12.0. The van der Waals surface area contributed by atoms with Crippen LogP contribution in [0, 0.1) is 6.92 Å². The summed E-state index contributed by atoms with van der Waals surface area (Å²) in [5.41, 5.74) is 20.0. The third-order valence-electron chi connectivity index (χ3n) is 15.0. The maximum Gasteiger partial charge on any atom is 0.0742 e. The molecule has 0 N–H and O–H groups in total. The van der Waals surface area contributed by atoms with E-state index in [0.29, 0.717) is 0 Å². The highest BCUT2D eigenvalue weighted by molar-refractivity contribution is 5.91. The van der Waals surface area contributed by atoms with E-state index < -0.39 is 10.8 Å². The molecule has 2 heterocycles. The Morgan fingerprint density at radius 1 is 0.250 bits per heavy atom. The Morgan fingerprint density at radius 3 is 0.819 bits per heavy atom. The third-order valence-corrected chi connectivity index (χ3v) is 15.0. The van der Waals surface area contributed by atoms with Crippen LogP contribution in [0.1, 0.15) is 50.1 Å². The quantitative estimate of drug-likeness (QED) is 0.143. The van der Waals surface area contributed by atoms with Gasteiger partial charge in [0.2, 0.25) is 0 Å². The second-order valence-corrected chi connectivity index (χ2v) is 18.9. The fourth-order valence-corrected chi connectivity index (χ4v) is 12.0. The minimum Gasteiger partial charge on any atom is -0.311 e. The maximum absolute atomic E-state index is 2.43. The summed E-state index contributed by atoms with van der Waals surface area (Å²) in [6, 6.07) is 107. The van der Waals surface area contributed by atoms with E-state index in [4.69, 9.17) is 0 Å². The summed E-state index contributed by atoms with van der Waals surface area (Å²) in [6.07, 6.45) is 0. The van der Waals surface area contributed by atoms with Crippen molar-refractivity contribution in [2.45, 2.75) is 17.8 Å². The van der Waals surface area contributed by atoms with Crippen LogP contribution in [0.3, 0.4) is 0 Å². The number of aryl methyl sites for hydroxylation is 1. The van der Waals surface area contributed by atoms with Crippen LogP contribution in [0.25, 0.3) is 0 Å². The van der Waals surface area contributed by atoms with Crippen LogP contribution >= 0.6 is 0 Å². The van der Waals surface area contributed by atoms with E-state index in [1.165, 1.54) is 72.8 Å². The van der Waals surface area contributed by atoms with E-state index in [1.807, 2.05) is 0 Å². The summed E-state index contributed by atoms with van der Waals surface area (Å²) in [5, 5.41) is 0. The molecule has 0 atom stereocenters. The largest absolute Gasteiger partial charge is 0.311 e. The van der Waals surface area contributed by atoms with Crippen molar-refractivity contribution >= 4 is 51.2 Å². The van der Waals surface area contributed by atoms with Crippen LogP contribution in [-0.4, -0.2) is 0 Å². The van der Waals surface area contributed by atoms with Gasteiger partial charge in [-0.15, -0.1) is 0 Å². The summed E-state index contributed by atoms with van der Waals surface area (Å²) >= 11 is 0. The smallest absolute Gasteiger partial charge is 0.0742 e. The first-order valence-corrected chi connectivity index (χ1v) is 24.9. The van der Waals surface area contributed by atoms with E-state index in [1.54, 1.807) is 0 Å². The molecule has 72 heavy (non-hydrogen) atoms. The molecule has 0 saturated heterocycles. The Labute approximate surface area is 422 Å². The number of para-hydroxylation sites is 6. The van der Waals surface area contributed by atoms with Gasteiger partial charge in [-0.25, -0.2) is 0 Å². The van der Waals surface area contributed by atoms with E-state index in [0.717, 1.165) is 28.4 Å². The summed E-state index contributed by atoms with van der Waals surface area (Å²) in [6.45, 7) is 2.15. The average Bonchev–Trinajstić information content (AvgIpc) is 3.46. The molecule has 0 unspecified atom stereocenters. The van der Waals surface area contributed by atoms with E-state index in [-0.39, 0.29) is 0 Å². The van der Waals surface area contributed by atoms with Crippen molar-refractivity contribution in [3.63, 3.8) is 0 Å². The molecule has 0 amide bonds. The van der Waals surface area contributed by atoms with Gasteiger partial charge in [0, 0.05) is 28.4 Å². The zero-order valence-corrected chi connectivity index (χ0v) is 40.1. The van der Waals surface area contributed by atoms with Gasteiger partial charge in [0.15, 0.2) is 0 Å². The topological polar surface area (TPSA) is 9.72 Å². The number of hydrogen-bond acceptors (Lipinski definition) is 3. The summed E-state index contributed by atoms with van der Waals surface area (Å²) < 4.78 is 0. The van der Waals surface area contributed by atoms with Crippen LogP contribution in [0.2, 0.25) is 0 Å². The molecule has 11 aromatic rings. The molecular weight excluding hydrogens is 871 g/mol. The molecule has 0 spiro atoms. The van der Waals surface area contributed by atoms with Crippen molar-refractivity contribution in [1.82, 2.24) is 0 Å². The van der Waals surface area contributed by atoms with Crippen LogP contribution < -0.4 is 14.7 Å². The Morgan fingerprint density at radius 2 is 0.500 bits per heavy atom. The fraction of sp³-hybridized carbons (Fsp3) is 0.0435. The van der Waals surface area contributed by atoms with Gasteiger partial charge < -0.3 is 14.7 Å². The first kappa shape index (κ1) is 42.9. The summed E-state index contributed by atoms with van der Waals surface area (Å²) in [4.78, 5) is 7.25. The van der Waals surface area contributed by atoms with Gasteiger partial charge >= 0.3 is 0 Å². The first-order valence-electron chi connectivity index (χ1n) is 24.9. The second-order valence-electron chi connectivity index (χ2n) is 18.9. The lowest BCUT2D eigenvalue weighted by Gasteiger charge is -2.46.